The van der Waals surface area contributed by atoms with Crippen molar-refractivity contribution in [3.8, 4) is 0 Å². The van der Waals surface area contributed by atoms with Crippen molar-refractivity contribution in [3.05, 3.63) is 40.4 Å². The molecule has 0 N–H and O–H groups in total. The number of aromatic nitrogens is 2. The van der Waals surface area contributed by atoms with E-state index in [9.17, 15) is 4.79 Å². The molecule has 1 aliphatic rings. The van der Waals surface area contributed by atoms with E-state index in [1.807, 2.05) is 0 Å². The Morgan fingerprint density at radius 2 is 2.36 bits per heavy atom. The number of ether oxygens (including phenoxy) is 1. The van der Waals surface area contributed by atoms with Crippen LogP contribution >= 0.6 is 23.1 Å². The fourth-order valence-electron chi connectivity index (χ4n) is 3.23. The Hall–Kier alpha value is -1.86. The average Bonchev–Trinajstić information content (AvgIpc) is 3.22. The van der Waals surface area contributed by atoms with Crippen LogP contribution in [0.15, 0.2) is 28.1 Å². The molecule has 0 spiro atoms. The number of carbonyl (C=O) groups is 1. The van der Waals surface area contributed by atoms with Gasteiger partial charge in [-0.3, -0.25) is 0 Å². The summed E-state index contributed by atoms with van der Waals surface area (Å²) < 4.78 is 10.3. The van der Waals surface area contributed by atoms with Crippen molar-refractivity contribution < 1.29 is 13.9 Å². The van der Waals surface area contributed by atoms with Crippen molar-refractivity contribution in [1.82, 2.24) is 9.97 Å². The van der Waals surface area contributed by atoms with E-state index < -0.39 is 0 Å². The van der Waals surface area contributed by atoms with Crippen LogP contribution in [0.4, 0.5) is 0 Å². The first-order valence-electron chi connectivity index (χ1n) is 8.20. The summed E-state index contributed by atoms with van der Waals surface area (Å²) in [7, 11) is 1.37. The number of thioether (sulfide) groups is 1. The van der Waals surface area contributed by atoms with E-state index in [0.717, 1.165) is 28.6 Å². The maximum atomic E-state index is 11.8. The number of fused-ring (bicyclic) bond motifs is 3. The summed E-state index contributed by atoms with van der Waals surface area (Å²) in [5.41, 5.74) is 1.88. The number of aryl methyl sites for hydroxylation is 1. The summed E-state index contributed by atoms with van der Waals surface area (Å²) in [6.45, 7) is 2.31. The molecule has 0 amide bonds. The van der Waals surface area contributed by atoms with E-state index in [2.05, 4.69) is 16.9 Å². The lowest BCUT2D eigenvalue weighted by Gasteiger charge is -2.18. The molecule has 0 fully saturated rings. The molecule has 0 aromatic carbocycles. The van der Waals surface area contributed by atoms with Gasteiger partial charge in [0.1, 0.15) is 27.5 Å². The van der Waals surface area contributed by atoms with Crippen LogP contribution in [0.3, 0.4) is 0 Å². The number of methoxy groups -OCH3 is 1. The highest BCUT2D eigenvalue weighted by Gasteiger charge is 2.23. The molecule has 7 heteroatoms. The molecular formula is C18H18N2O3S2. The SMILES string of the molecule is COC(=O)c1ccoc1CSc1ncnc2sc3c(c12)CC[C@@H](C)C3. The Kier molecular flexibility index (Phi) is 4.52. The Morgan fingerprint density at radius 3 is 3.20 bits per heavy atom. The molecule has 130 valence electrons. The third-order valence-electron chi connectivity index (χ3n) is 4.55. The third-order valence-corrected chi connectivity index (χ3v) is 6.70. The summed E-state index contributed by atoms with van der Waals surface area (Å²) in [5.74, 6) is 1.50. The zero-order valence-corrected chi connectivity index (χ0v) is 15.7. The largest absolute Gasteiger partial charge is 0.468 e. The number of carbonyl (C=O) groups excluding carboxylic acids is 1. The molecule has 3 heterocycles. The molecule has 1 aliphatic carbocycles. The summed E-state index contributed by atoms with van der Waals surface area (Å²) in [4.78, 5) is 23.3. The van der Waals surface area contributed by atoms with Crippen molar-refractivity contribution in [3.63, 3.8) is 0 Å². The molecule has 1 atom stereocenters. The average molecular weight is 374 g/mol. The number of thiophene rings is 1. The third kappa shape index (κ3) is 3.06. The minimum atomic E-state index is -0.376. The molecule has 0 unspecified atom stereocenters. The minimum Gasteiger partial charge on any atom is -0.468 e. The maximum Gasteiger partial charge on any atom is 0.341 e. The van der Waals surface area contributed by atoms with Gasteiger partial charge in [-0.25, -0.2) is 14.8 Å². The fourth-order valence-corrected chi connectivity index (χ4v) is 5.63. The Bertz CT molecular complexity index is 932. The van der Waals surface area contributed by atoms with Crippen LogP contribution in [0, 0.1) is 5.92 Å². The fraction of sp³-hybridized carbons (Fsp3) is 0.389. The Morgan fingerprint density at radius 1 is 1.48 bits per heavy atom. The first-order valence-corrected chi connectivity index (χ1v) is 10.00. The lowest BCUT2D eigenvalue weighted by molar-refractivity contribution is 0.0598. The maximum absolute atomic E-state index is 11.8. The lowest BCUT2D eigenvalue weighted by atomic mass is 9.89. The van der Waals surface area contributed by atoms with E-state index in [0.29, 0.717) is 17.1 Å². The van der Waals surface area contributed by atoms with Crippen molar-refractivity contribution in [1.29, 1.82) is 0 Å². The topological polar surface area (TPSA) is 65.2 Å². The summed E-state index contributed by atoms with van der Waals surface area (Å²) in [6.07, 6.45) is 6.57. The zero-order chi connectivity index (χ0) is 17.4. The van der Waals surface area contributed by atoms with E-state index in [1.54, 1.807) is 35.5 Å². The molecule has 4 rings (SSSR count). The molecular weight excluding hydrogens is 356 g/mol. The van der Waals surface area contributed by atoms with E-state index in [4.69, 9.17) is 9.15 Å². The van der Waals surface area contributed by atoms with Gasteiger partial charge in [-0.1, -0.05) is 18.7 Å². The van der Waals surface area contributed by atoms with Crippen molar-refractivity contribution in [2.45, 2.75) is 37.0 Å². The summed E-state index contributed by atoms with van der Waals surface area (Å²) in [5, 5.41) is 2.15. The van der Waals surface area contributed by atoms with Gasteiger partial charge in [-0.2, -0.15) is 0 Å². The highest BCUT2D eigenvalue weighted by Crippen LogP contribution is 2.41. The number of rotatable bonds is 4. The molecule has 0 radical (unpaired) electrons. The number of furan rings is 1. The van der Waals surface area contributed by atoms with E-state index in [-0.39, 0.29) is 5.97 Å². The minimum absolute atomic E-state index is 0.376. The van der Waals surface area contributed by atoms with Crippen molar-refractivity contribution >= 4 is 39.3 Å². The van der Waals surface area contributed by atoms with Crippen molar-refractivity contribution in [2.75, 3.05) is 7.11 Å². The Balaban J connectivity index is 1.64. The van der Waals surface area contributed by atoms with E-state index in [1.165, 1.54) is 35.6 Å². The molecule has 5 nitrogen and oxygen atoms in total. The molecule has 0 bridgehead atoms. The van der Waals surface area contributed by atoms with Gasteiger partial charge in [0.05, 0.1) is 19.1 Å². The van der Waals surface area contributed by atoms with Gasteiger partial charge in [0.2, 0.25) is 0 Å². The van der Waals surface area contributed by atoms with Crippen LogP contribution in [0.25, 0.3) is 10.2 Å². The van der Waals surface area contributed by atoms with Crippen LogP contribution in [0.5, 0.6) is 0 Å². The lowest BCUT2D eigenvalue weighted by Crippen LogP contribution is -2.08. The quantitative estimate of drug-likeness (QED) is 0.381. The summed E-state index contributed by atoms with van der Waals surface area (Å²) in [6, 6.07) is 1.64. The number of esters is 1. The van der Waals surface area contributed by atoms with Crippen molar-refractivity contribution in [2.24, 2.45) is 5.92 Å². The highest BCUT2D eigenvalue weighted by atomic mass is 32.2. The van der Waals surface area contributed by atoms with Gasteiger partial charge in [0, 0.05) is 10.3 Å². The van der Waals surface area contributed by atoms with Crippen LogP contribution in [-0.2, 0) is 23.3 Å². The molecule has 3 aromatic rings. The summed E-state index contributed by atoms with van der Waals surface area (Å²) >= 11 is 3.37. The van der Waals surface area contributed by atoms with Gasteiger partial charge < -0.3 is 9.15 Å². The second-order valence-corrected chi connectivity index (χ2v) is 8.30. The molecule has 3 aromatic heterocycles. The van der Waals surface area contributed by atoms with Gasteiger partial charge >= 0.3 is 5.97 Å². The molecule has 0 aliphatic heterocycles. The Labute approximate surface area is 153 Å². The standard InChI is InChI=1S/C18H18N2O3S2/c1-10-3-4-12-14(7-10)25-17-15(12)16(19-9-20-17)24-8-13-11(5-6-23-13)18(21)22-2/h5-6,9-10H,3-4,7-8H2,1-2H3/t10-/m1/s1. The number of hydrogen-bond acceptors (Lipinski definition) is 7. The van der Waals surface area contributed by atoms with Gasteiger partial charge in [-0.05, 0) is 36.8 Å². The number of hydrogen-bond donors (Lipinski definition) is 0. The van der Waals surface area contributed by atoms with Gasteiger partial charge in [0.25, 0.3) is 0 Å². The second-order valence-electron chi connectivity index (χ2n) is 6.25. The molecule has 0 saturated carbocycles. The highest BCUT2D eigenvalue weighted by molar-refractivity contribution is 7.98. The van der Waals surface area contributed by atoms with E-state index >= 15 is 0 Å². The monoisotopic (exact) mass is 374 g/mol. The smallest absolute Gasteiger partial charge is 0.341 e. The van der Waals surface area contributed by atoms with Crippen LogP contribution < -0.4 is 0 Å². The number of nitrogens with zero attached hydrogens (tertiary/aromatic N) is 2. The predicted octanol–water partition coefficient (Wildman–Crippen LogP) is 4.49. The second kappa shape index (κ2) is 6.80. The van der Waals surface area contributed by atoms with Gasteiger partial charge in [0.15, 0.2) is 0 Å². The first kappa shape index (κ1) is 16.6. The zero-order valence-electron chi connectivity index (χ0n) is 14.1. The normalized spacial score (nSPS) is 16.8. The first-order chi connectivity index (χ1) is 12.2. The van der Waals surface area contributed by atoms with Gasteiger partial charge in [-0.15, -0.1) is 11.3 Å². The molecule has 0 saturated heterocycles. The van der Waals surface area contributed by atoms with Crippen LogP contribution in [0.2, 0.25) is 0 Å². The predicted molar refractivity (Wildman–Crippen MR) is 98.2 cm³/mol. The molecule has 25 heavy (non-hydrogen) atoms. The van der Waals surface area contributed by atoms with Crippen LogP contribution in [-0.4, -0.2) is 23.0 Å². The van der Waals surface area contributed by atoms with Crippen LogP contribution in [0.1, 0.15) is 39.9 Å².